The van der Waals surface area contributed by atoms with Gasteiger partial charge in [-0.25, -0.2) is 9.59 Å². The highest BCUT2D eigenvalue weighted by atomic mass is 32.2. The zero-order chi connectivity index (χ0) is 12.6. The minimum atomic E-state index is -1.06. The molecule has 0 saturated carbocycles. The maximum Gasteiger partial charge on any atom is 0.326 e. The first-order valence-corrected chi connectivity index (χ1v) is 6.62. The molecule has 0 aliphatic heterocycles. The van der Waals surface area contributed by atoms with Crippen molar-refractivity contribution in [3.63, 3.8) is 0 Å². The maximum absolute atomic E-state index is 11.2. The van der Waals surface area contributed by atoms with Gasteiger partial charge in [0.05, 0.1) is 0 Å². The highest BCUT2D eigenvalue weighted by Crippen LogP contribution is 1.90. The highest BCUT2D eigenvalue weighted by molar-refractivity contribution is 7.84. The number of rotatable bonds is 7. The minimum Gasteiger partial charge on any atom is -0.480 e. The summed E-state index contributed by atoms with van der Waals surface area (Å²) in [5.74, 6) is -0.126. The molecule has 6 nitrogen and oxygen atoms in total. The first-order chi connectivity index (χ1) is 7.51. The van der Waals surface area contributed by atoms with Crippen molar-refractivity contribution < 1.29 is 18.9 Å². The maximum atomic E-state index is 11.2. The lowest BCUT2D eigenvalue weighted by Gasteiger charge is -2.12. The molecule has 0 fully saturated rings. The fourth-order valence-electron chi connectivity index (χ4n) is 0.970. The number of carboxylic acid groups (broad SMARTS) is 1. The number of nitrogens with one attached hydrogen (secondary N) is 2. The summed E-state index contributed by atoms with van der Waals surface area (Å²) in [6.07, 6.45) is 0.323. The standard InChI is InChI=1S/C9H18N2O4S/c1-3-7(8(12)13)11-9(14)10-5-6-16(15)4-2/h7H,3-6H2,1-2H3,(H,12,13)(H2,10,11,14)/t7-,16?/m1/s1. The lowest BCUT2D eigenvalue weighted by Crippen LogP contribution is -2.46. The van der Waals surface area contributed by atoms with Gasteiger partial charge in [0, 0.05) is 28.9 Å². The Labute approximate surface area is 97.3 Å². The molecule has 0 saturated heterocycles. The summed E-state index contributed by atoms with van der Waals surface area (Å²) in [7, 11) is -0.925. The smallest absolute Gasteiger partial charge is 0.326 e. The summed E-state index contributed by atoms with van der Waals surface area (Å²) in [6, 6.07) is -1.42. The Morgan fingerprint density at radius 1 is 1.38 bits per heavy atom. The molecule has 94 valence electrons. The Bertz CT molecular complexity index is 270. The van der Waals surface area contributed by atoms with Crippen LogP contribution in [0.25, 0.3) is 0 Å². The lowest BCUT2D eigenvalue weighted by atomic mass is 10.2. The molecular weight excluding hydrogens is 232 g/mol. The van der Waals surface area contributed by atoms with E-state index in [-0.39, 0.29) is 6.54 Å². The fraction of sp³-hybridized carbons (Fsp3) is 0.778. The average molecular weight is 250 g/mol. The SMILES string of the molecule is CC[C@@H](NC(=O)NCCS(=O)CC)C(=O)O. The predicted molar refractivity (Wildman–Crippen MR) is 61.8 cm³/mol. The van der Waals surface area contributed by atoms with E-state index in [1.54, 1.807) is 13.8 Å². The van der Waals surface area contributed by atoms with Gasteiger partial charge in [0.2, 0.25) is 0 Å². The van der Waals surface area contributed by atoms with Gasteiger partial charge in [0.1, 0.15) is 6.04 Å². The van der Waals surface area contributed by atoms with E-state index >= 15 is 0 Å². The van der Waals surface area contributed by atoms with Gasteiger partial charge in [-0.1, -0.05) is 13.8 Å². The molecule has 0 spiro atoms. The van der Waals surface area contributed by atoms with Gasteiger partial charge in [-0.3, -0.25) is 4.21 Å². The molecule has 0 aliphatic carbocycles. The van der Waals surface area contributed by atoms with Gasteiger partial charge in [-0.15, -0.1) is 0 Å². The molecule has 2 amide bonds. The van der Waals surface area contributed by atoms with Crippen molar-refractivity contribution in [1.29, 1.82) is 0 Å². The summed E-state index contributed by atoms with van der Waals surface area (Å²) in [4.78, 5) is 21.8. The van der Waals surface area contributed by atoms with E-state index in [0.29, 0.717) is 17.9 Å². The van der Waals surface area contributed by atoms with Crippen LogP contribution >= 0.6 is 0 Å². The molecule has 1 unspecified atom stereocenters. The molecule has 0 aromatic rings. The van der Waals surface area contributed by atoms with Gasteiger partial charge in [0.15, 0.2) is 0 Å². The molecular formula is C9H18N2O4S. The van der Waals surface area contributed by atoms with Crippen molar-refractivity contribution in [2.45, 2.75) is 26.3 Å². The van der Waals surface area contributed by atoms with Crippen LogP contribution in [0.5, 0.6) is 0 Å². The van der Waals surface area contributed by atoms with E-state index < -0.39 is 28.8 Å². The minimum absolute atomic E-state index is 0.280. The molecule has 0 aromatic heterocycles. The Morgan fingerprint density at radius 3 is 2.44 bits per heavy atom. The zero-order valence-corrected chi connectivity index (χ0v) is 10.3. The van der Waals surface area contributed by atoms with Gasteiger partial charge in [-0.05, 0) is 6.42 Å². The zero-order valence-electron chi connectivity index (χ0n) is 9.49. The van der Waals surface area contributed by atoms with Crippen molar-refractivity contribution in [3.05, 3.63) is 0 Å². The topological polar surface area (TPSA) is 95.5 Å². The number of urea groups is 1. The monoisotopic (exact) mass is 250 g/mol. The normalized spacial score (nSPS) is 13.9. The van der Waals surface area contributed by atoms with Crippen LogP contribution in [-0.2, 0) is 15.6 Å². The number of hydrogen-bond acceptors (Lipinski definition) is 3. The van der Waals surface area contributed by atoms with Gasteiger partial charge >= 0.3 is 12.0 Å². The van der Waals surface area contributed by atoms with Crippen molar-refractivity contribution in [2.75, 3.05) is 18.1 Å². The highest BCUT2D eigenvalue weighted by Gasteiger charge is 2.16. The van der Waals surface area contributed by atoms with E-state index in [1.165, 1.54) is 0 Å². The summed E-state index contributed by atoms with van der Waals surface area (Å²) in [5.41, 5.74) is 0. The first-order valence-electron chi connectivity index (χ1n) is 5.13. The third kappa shape index (κ3) is 6.39. The van der Waals surface area contributed by atoms with Crippen molar-refractivity contribution in [1.82, 2.24) is 10.6 Å². The Balaban J connectivity index is 3.81. The molecule has 0 aliphatic rings. The molecule has 0 bridgehead atoms. The number of carboxylic acids is 1. The summed E-state index contributed by atoms with van der Waals surface area (Å²) >= 11 is 0. The van der Waals surface area contributed by atoms with Gasteiger partial charge in [0.25, 0.3) is 0 Å². The van der Waals surface area contributed by atoms with Crippen LogP contribution in [-0.4, -0.2) is 45.4 Å². The molecule has 0 rings (SSSR count). The number of hydrogen-bond donors (Lipinski definition) is 3. The largest absolute Gasteiger partial charge is 0.480 e. The Kier molecular flexibility index (Phi) is 7.53. The van der Waals surface area contributed by atoms with E-state index in [0.717, 1.165) is 0 Å². The van der Waals surface area contributed by atoms with Crippen LogP contribution < -0.4 is 10.6 Å². The molecule has 7 heteroatoms. The predicted octanol–water partition coefficient (Wildman–Crippen LogP) is -0.0826. The van der Waals surface area contributed by atoms with Crippen LogP contribution in [0.4, 0.5) is 4.79 Å². The molecule has 0 heterocycles. The molecule has 16 heavy (non-hydrogen) atoms. The average Bonchev–Trinajstić information content (AvgIpc) is 2.25. The number of carbonyl (C=O) groups is 2. The number of amides is 2. The van der Waals surface area contributed by atoms with Crippen molar-refractivity contribution >= 4 is 22.8 Å². The first kappa shape index (κ1) is 14.9. The third-order valence-corrected chi connectivity index (χ3v) is 3.25. The second kappa shape index (κ2) is 8.09. The van der Waals surface area contributed by atoms with E-state index in [2.05, 4.69) is 10.6 Å². The van der Waals surface area contributed by atoms with Crippen LogP contribution in [0, 0.1) is 0 Å². The quantitative estimate of drug-likeness (QED) is 0.589. The fourth-order valence-corrected chi connectivity index (χ4v) is 1.59. The second-order valence-corrected chi connectivity index (χ2v) is 5.00. The summed E-state index contributed by atoms with van der Waals surface area (Å²) < 4.78 is 11.0. The summed E-state index contributed by atoms with van der Waals surface area (Å²) in [5, 5.41) is 13.5. The summed E-state index contributed by atoms with van der Waals surface area (Å²) in [6.45, 7) is 3.75. The van der Waals surface area contributed by atoms with E-state index in [9.17, 15) is 13.8 Å². The number of aliphatic carboxylic acids is 1. The Hall–Kier alpha value is -1.11. The second-order valence-electron chi connectivity index (χ2n) is 3.13. The molecule has 2 atom stereocenters. The van der Waals surface area contributed by atoms with Crippen molar-refractivity contribution in [3.8, 4) is 0 Å². The molecule has 3 N–H and O–H groups in total. The van der Waals surface area contributed by atoms with Gasteiger partial charge < -0.3 is 15.7 Å². The Morgan fingerprint density at radius 2 is 2.00 bits per heavy atom. The van der Waals surface area contributed by atoms with Crippen molar-refractivity contribution in [2.24, 2.45) is 0 Å². The van der Waals surface area contributed by atoms with Crippen LogP contribution in [0.1, 0.15) is 20.3 Å². The van der Waals surface area contributed by atoms with Gasteiger partial charge in [-0.2, -0.15) is 0 Å². The number of carbonyl (C=O) groups excluding carboxylic acids is 1. The lowest BCUT2D eigenvalue weighted by molar-refractivity contribution is -0.139. The van der Waals surface area contributed by atoms with E-state index in [1.807, 2.05) is 0 Å². The van der Waals surface area contributed by atoms with Crippen LogP contribution in [0.3, 0.4) is 0 Å². The van der Waals surface area contributed by atoms with E-state index in [4.69, 9.17) is 5.11 Å². The third-order valence-electron chi connectivity index (χ3n) is 1.95. The van der Waals surface area contributed by atoms with Crippen LogP contribution in [0.2, 0.25) is 0 Å². The molecule has 0 radical (unpaired) electrons. The van der Waals surface area contributed by atoms with Crippen LogP contribution in [0.15, 0.2) is 0 Å². The molecule has 0 aromatic carbocycles.